The maximum absolute atomic E-state index is 10.6. The second-order valence-corrected chi connectivity index (χ2v) is 9.18. The third kappa shape index (κ3) is 9.86. The van der Waals surface area contributed by atoms with Crippen LogP contribution >= 0.6 is 0 Å². The number of hydrogen-bond acceptors (Lipinski definition) is 6. The van der Waals surface area contributed by atoms with E-state index in [0.29, 0.717) is 16.7 Å². The minimum absolute atomic E-state index is 0. The molecule has 6 nitrogen and oxygen atoms in total. The van der Waals surface area contributed by atoms with E-state index >= 15 is 0 Å². The van der Waals surface area contributed by atoms with Gasteiger partial charge in [0.15, 0.2) is 0 Å². The normalized spacial score (nSPS) is 9.65. The minimum Gasteiger partial charge on any atom is -0.545 e. The Morgan fingerprint density at radius 2 is 0.541 bits per heavy atom. The van der Waals surface area contributed by atoms with Crippen molar-refractivity contribution in [2.24, 2.45) is 0 Å². The van der Waals surface area contributed by atoms with Crippen LogP contribution in [0.2, 0.25) is 0 Å². The van der Waals surface area contributed by atoms with Gasteiger partial charge in [0.05, 0.1) is 17.9 Å². The Labute approximate surface area is 244 Å². The average molecular weight is 578 g/mol. The summed E-state index contributed by atoms with van der Waals surface area (Å²) in [6, 6.07) is 11.1. The van der Waals surface area contributed by atoms with E-state index in [-0.39, 0.29) is 32.7 Å². The first-order chi connectivity index (χ1) is 16.6. The van der Waals surface area contributed by atoms with Crippen molar-refractivity contribution in [1.82, 2.24) is 0 Å². The van der Waals surface area contributed by atoms with Gasteiger partial charge >= 0.3 is 32.7 Å². The summed E-state index contributed by atoms with van der Waals surface area (Å²) in [5.74, 6) is -3.28. The van der Waals surface area contributed by atoms with E-state index in [9.17, 15) is 29.7 Å². The van der Waals surface area contributed by atoms with E-state index in [1.54, 1.807) is 41.5 Å². The molecule has 0 spiro atoms. The molecule has 0 bridgehead atoms. The SMILES string of the molecule is Cc1cc(C)c(C(=O)[O-])c(C)c1.Cc1cc(C)c(C(=O)[O-])c(C)c1.Cc1cc(C)c(C(=O)[O-])c(C)c1.[Y+3]. The molecular weight excluding hydrogens is 545 g/mol. The molecular formula is C30H33O6Y. The van der Waals surface area contributed by atoms with Crippen molar-refractivity contribution in [2.75, 3.05) is 0 Å². The van der Waals surface area contributed by atoms with E-state index in [1.807, 2.05) is 57.2 Å². The number of carbonyl (C=O) groups excluding carboxylic acids is 3. The number of rotatable bonds is 3. The van der Waals surface area contributed by atoms with Crippen LogP contribution in [0, 0.1) is 62.3 Å². The van der Waals surface area contributed by atoms with E-state index in [4.69, 9.17) is 0 Å². The largest absolute Gasteiger partial charge is 3.00 e. The Bertz CT molecular complexity index is 1080. The number of carboxylic acid groups (broad SMARTS) is 3. The van der Waals surface area contributed by atoms with Crippen LogP contribution in [0.1, 0.15) is 81.1 Å². The number of aryl methyl sites for hydroxylation is 9. The van der Waals surface area contributed by atoms with Crippen molar-refractivity contribution in [3.05, 3.63) is 103 Å². The third-order valence-electron chi connectivity index (χ3n) is 5.64. The van der Waals surface area contributed by atoms with Crippen LogP contribution in [-0.2, 0) is 32.7 Å². The Hall–Kier alpha value is -2.83. The minimum atomic E-state index is -1.09. The molecule has 0 aromatic heterocycles. The van der Waals surface area contributed by atoms with E-state index in [1.165, 1.54) is 0 Å². The van der Waals surface area contributed by atoms with Gasteiger partial charge < -0.3 is 29.7 Å². The maximum atomic E-state index is 10.6. The van der Waals surface area contributed by atoms with Crippen molar-refractivity contribution >= 4 is 17.9 Å². The van der Waals surface area contributed by atoms with Gasteiger partial charge in [0, 0.05) is 16.7 Å². The van der Waals surface area contributed by atoms with Crippen LogP contribution in [0.15, 0.2) is 36.4 Å². The van der Waals surface area contributed by atoms with E-state index < -0.39 is 17.9 Å². The zero-order valence-corrected chi connectivity index (χ0v) is 25.8. The third-order valence-corrected chi connectivity index (χ3v) is 5.64. The van der Waals surface area contributed by atoms with E-state index in [0.717, 1.165) is 50.1 Å². The molecule has 0 amide bonds. The summed E-state index contributed by atoms with van der Waals surface area (Å²) < 4.78 is 0. The molecule has 0 atom stereocenters. The number of carboxylic acids is 3. The van der Waals surface area contributed by atoms with Crippen molar-refractivity contribution in [1.29, 1.82) is 0 Å². The summed E-state index contributed by atoms with van der Waals surface area (Å²) in [5.41, 5.74) is 8.82. The van der Waals surface area contributed by atoms with Gasteiger partial charge in [-0.15, -0.1) is 0 Å². The van der Waals surface area contributed by atoms with Crippen molar-refractivity contribution < 1.29 is 62.4 Å². The standard InChI is InChI=1S/3C10H12O2.Y/c3*1-6-4-7(2)9(10(11)12)8(3)5-6;/h3*4-5H,1-3H3,(H,11,12);/q;;;+3/p-3. The molecule has 0 saturated heterocycles. The molecule has 0 N–H and O–H groups in total. The summed E-state index contributed by atoms with van der Waals surface area (Å²) in [4.78, 5) is 31.9. The first-order valence-corrected chi connectivity index (χ1v) is 11.4. The number of aromatic carboxylic acids is 3. The Balaban J connectivity index is 0.000000518. The zero-order valence-electron chi connectivity index (χ0n) is 23.0. The second kappa shape index (κ2) is 14.8. The van der Waals surface area contributed by atoms with Gasteiger partial charge in [0.25, 0.3) is 0 Å². The molecule has 0 aliphatic carbocycles. The molecule has 192 valence electrons. The second-order valence-electron chi connectivity index (χ2n) is 9.18. The number of benzene rings is 3. The fourth-order valence-corrected chi connectivity index (χ4v) is 4.51. The number of carbonyl (C=O) groups is 3. The maximum Gasteiger partial charge on any atom is 3.00 e. The summed E-state index contributed by atoms with van der Waals surface area (Å²) in [6.45, 7) is 16.5. The molecule has 0 fully saturated rings. The van der Waals surface area contributed by atoms with Gasteiger partial charge in [-0.2, -0.15) is 0 Å². The molecule has 3 aromatic carbocycles. The molecule has 3 rings (SSSR count). The van der Waals surface area contributed by atoms with Crippen molar-refractivity contribution in [3.8, 4) is 0 Å². The van der Waals surface area contributed by atoms with Crippen molar-refractivity contribution in [3.63, 3.8) is 0 Å². The molecule has 0 aliphatic rings. The summed E-state index contributed by atoms with van der Waals surface area (Å²) in [7, 11) is 0. The fourth-order valence-electron chi connectivity index (χ4n) is 4.51. The fraction of sp³-hybridized carbons (Fsp3) is 0.300. The van der Waals surface area contributed by atoms with Crippen LogP contribution in [0.3, 0.4) is 0 Å². The molecule has 3 aromatic rings. The van der Waals surface area contributed by atoms with Crippen LogP contribution < -0.4 is 15.3 Å². The number of hydrogen-bond donors (Lipinski definition) is 0. The predicted octanol–water partition coefficient (Wildman–Crippen LogP) is 2.92. The smallest absolute Gasteiger partial charge is 0.545 e. The van der Waals surface area contributed by atoms with Crippen LogP contribution in [0.4, 0.5) is 0 Å². The van der Waals surface area contributed by atoms with E-state index in [2.05, 4.69) is 0 Å². The van der Waals surface area contributed by atoms with Gasteiger partial charge in [-0.1, -0.05) is 53.1 Å². The molecule has 0 heterocycles. The zero-order chi connectivity index (χ0) is 27.9. The first-order valence-electron chi connectivity index (χ1n) is 11.4. The van der Waals surface area contributed by atoms with Gasteiger partial charge in [0.1, 0.15) is 0 Å². The molecule has 37 heavy (non-hydrogen) atoms. The van der Waals surface area contributed by atoms with Gasteiger partial charge in [-0.25, -0.2) is 0 Å². The van der Waals surface area contributed by atoms with Gasteiger partial charge in [-0.3, -0.25) is 0 Å². The molecule has 0 saturated carbocycles. The van der Waals surface area contributed by atoms with Crippen LogP contribution in [-0.4, -0.2) is 17.9 Å². The summed E-state index contributed by atoms with van der Waals surface area (Å²) in [6.07, 6.45) is 0. The quantitative estimate of drug-likeness (QED) is 0.472. The molecule has 0 unspecified atom stereocenters. The Kier molecular flexibility index (Phi) is 13.7. The summed E-state index contributed by atoms with van der Waals surface area (Å²) >= 11 is 0. The Morgan fingerprint density at radius 1 is 0.405 bits per heavy atom. The van der Waals surface area contributed by atoms with Crippen LogP contribution in [0.5, 0.6) is 0 Å². The van der Waals surface area contributed by atoms with Gasteiger partial charge in [0.2, 0.25) is 0 Å². The Morgan fingerprint density at radius 3 is 0.649 bits per heavy atom. The molecule has 7 heteroatoms. The monoisotopic (exact) mass is 578 g/mol. The predicted molar refractivity (Wildman–Crippen MR) is 135 cm³/mol. The van der Waals surface area contributed by atoms with Crippen molar-refractivity contribution in [2.45, 2.75) is 62.3 Å². The van der Waals surface area contributed by atoms with Crippen LogP contribution in [0.25, 0.3) is 0 Å². The van der Waals surface area contributed by atoms with Gasteiger partial charge in [-0.05, 0) is 95.7 Å². The average Bonchev–Trinajstić information content (AvgIpc) is 2.65. The first kappa shape index (κ1) is 34.2. The molecule has 0 aliphatic heterocycles. The summed E-state index contributed by atoms with van der Waals surface area (Å²) in [5, 5.41) is 31.9. The topological polar surface area (TPSA) is 120 Å². The molecule has 0 radical (unpaired) electrons.